The molecule has 1 heterocycles. The van der Waals surface area contributed by atoms with Crippen molar-refractivity contribution in [1.29, 1.82) is 0 Å². The molecule has 0 aliphatic carbocycles. The number of hydrazine groups is 1. The van der Waals surface area contributed by atoms with Crippen LogP contribution in [-0.4, -0.2) is 22.4 Å². The molecular formula is C15H22N4O. The smallest absolute Gasteiger partial charge is 0.119 e. The second-order valence-electron chi connectivity index (χ2n) is 4.78. The Labute approximate surface area is 119 Å². The van der Waals surface area contributed by atoms with E-state index in [1.54, 1.807) is 0 Å². The third kappa shape index (κ3) is 3.82. The first kappa shape index (κ1) is 14.6. The molecule has 1 aromatic heterocycles. The van der Waals surface area contributed by atoms with Gasteiger partial charge in [-0.05, 0) is 32.0 Å². The Morgan fingerprint density at radius 3 is 2.75 bits per heavy atom. The number of ether oxygens (including phenoxy) is 1. The van der Waals surface area contributed by atoms with Gasteiger partial charge in [0.2, 0.25) is 0 Å². The summed E-state index contributed by atoms with van der Waals surface area (Å²) in [5.74, 6) is 6.48. The predicted octanol–water partition coefficient (Wildman–Crippen LogP) is 1.66. The fourth-order valence-corrected chi connectivity index (χ4v) is 2.17. The van der Waals surface area contributed by atoms with E-state index in [1.165, 1.54) is 5.69 Å². The van der Waals surface area contributed by atoms with Crippen molar-refractivity contribution in [2.24, 2.45) is 5.84 Å². The molecule has 0 bridgehead atoms. The number of para-hydroxylation sites is 1. The molecule has 0 amide bonds. The molecule has 0 radical (unpaired) electrons. The molecule has 0 aliphatic heterocycles. The van der Waals surface area contributed by atoms with Gasteiger partial charge in [-0.15, -0.1) is 0 Å². The molecular weight excluding hydrogens is 252 g/mol. The van der Waals surface area contributed by atoms with Crippen LogP contribution in [0.5, 0.6) is 5.75 Å². The molecule has 0 fully saturated rings. The van der Waals surface area contributed by atoms with E-state index in [0.717, 1.165) is 24.4 Å². The SMILES string of the molecule is CCn1nc(C)cc1CC(COc1ccccc1)NN. The van der Waals surface area contributed by atoms with Crippen molar-refractivity contribution in [3.05, 3.63) is 47.8 Å². The average molecular weight is 274 g/mol. The van der Waals surface area contributed by atoms with Crippen molar-refractivity contribution in [1.82, 2.24) is 15.2 Å². The number of rotatable bonds is 7. The standard InChI is InChI=1S/C15H22N4O/c1-3-19-14(9-12(2)18-19)10-13(17-16)11-20-15-7-5-4-6-8-15/h4-9,13,17H,3,10-11,16H2,1-2H3. The second kappa shape index (κ2) is 7.07. The van der Waals surface area contributed by atoms with Crippen LogP contribution in [0.15, 0.2) is 36.4 Å². The molecule has 20 heavy (non-hydrogen) atoms. The van der Waals surface area contributed by atoms with Gasteiger partial charge >= 0.3 is 0 Å². The molecule has 0 spiro atoms. The quantitative estimate of drug-likeness (QED) is 0.595. The summed E-state index contributed by atoms with van der Waals surface area (Å²) in [5, 5.41) is 4.44. The molecule has 1 unspecified atom stereocenters. The van der Waals surface area contributed by atoms with Crippen molar-refractivity contribution < 1.29 is 4.74 Å². The Morgan fingerprint density at radius 1 is 1.35 bits per heavy atom. The molecule has 3 N–H and O–H groups in total. The van der Waals surface area contributed by atoms with Gasteiger partial charge in [-0.25, -0.2) is 0 Å². The summed E-state index contributed by atoms with van der Waals surface area (Å²) in [7, 11) is 0. The number of nitrogens with zero attached hydrogens (tertiary/aromatic N) is 2. The first-order chi connectivity index (χ1) is 9.72. The predicted molar refractivity (Wildman–Crippen MR) is 79.4 cm³/mol. The zero-order valence-electron chi connectivity index (χ0n) is 12.0. The number of hydrogen-bond donors (Lipinski definition) is 2. The lowest BCUT2D eigenvalue weighted by Gasteiger charge is -2.17. The molecule has 1 aromatic carbocycles. The van der Waals surface area contributed by atoms with Crippen LogP contribution in [0.25, 0.3) is 0 Å². The van der Waals surface area contributed by atoms with E-state index in [2.05, 4.69) is 23.5 Å². The minimum atomic E-state index is 0.0524. The number of nitrogens with two attached hydrogens (primary N) is 1. The molecule has 2 rings (SSSR count). The van der Waals surface area contributed by atoms with Crippen LogP contribution in [-0.2, 0) is 13.0 Å². The van der Waals surface area contributed by atoms with E-state index in [4.69, 9.17) is 10.6 Å². The van der Waals surface area contributed by atoms with E-state index < -0.39 is 0 Å². The van der Waals surface area contributed by atoms with Crippen molar-refractivity contribution in [2.75, 3.05) is 6.61 Å². The summed E-state index contributed by atoms with van der Waals surface area (Å²) < 4.78 is 7.74. The highest BCUT2D eigenvalue weighted by Crippen LogP contribution is 2.11. The fraction of sp³-hybridized carbons (Fsp3) is 0.400. The van der Waals surface area contributed by atoms with E-state index in [9.17, 15) is 0 Å². The van der Waals surface area contributed by atoms with Crippen LogP contribution in [0.1, 0.15) is 18.3 Å². The zero-order valence-corrected chi connectivity index (χ0v) is 12.0. The van der Waals surface area contributed by atoms with Crippen molar-refractivity contribution >= 4 is 0 Å². The molecule has 2 aromatic rings. The Bertz CT molecular complexity index is 524. The van der Waals surface area contributed by atoms with Gasteiger partial charge < -0.3 is 4.74 Å². The van der Waals surface area contributed by atoms with Crippen LogP contribution in [0.4, 0.5) is 0 Å². The Kier molecular flexibility index (Phi) is 5.15. The molecule has 0 saturated carbocycles. The lowest BCUT2D eigenvalue weighted by molar-refractivity contribution is 0.262. The summed E-state index contributed by atoms with van der Waals surface area (Å²) in [4.78, 5) is 0. The molecule has 108 valence electrons. The number of aromatic nitrogens is 2. The summed E-state index contributed by atoms with van der Waals surface area (Å²) in [6.07, 6.45) is 0.790. The monoisotopic (exact) mass is 274 g/mol. The summed E-state index contributed by atoms with van der Waals surface area (Å²) in [6, 6.07) is 11.9. The minimum Gasteiger partial charge on any atom is -0.492 e. The normalized spacial score (nSPS) is 12.3. The van der Waals surface area contributed by atoms with Crippen LogP contribution in [0.3, 0.4) is 0 Å². The van der Waals surface area contributed by atoms with E-state index in [0.29, 0.717) is 6.61 Å². The van der Waals surface area contributed by atoms with E-state index in [-0.39, 0.29) is 6.04 Å². The Hall–Kier alpha value is -1.85. The highest BCUT2D eigenvalue weighted by molar-refractivity contribution is 5.21. The largest absolute Gasteiger partial charge is 0.492 e. The van der Waals surface area contributed by atoms with Crippen LogP contribution >= 0.6 is 0 Å². The summed E-state index contributed by atoms with van der Waals surface area (Å²) in [5.41, 5.74) is 5.02. The van der Waals surface area contributed by atoms with Gasteiger partial charge in [0.15, 0.2) is 0 Å². The van der Waals surface area contributed by atoms with E-state index in [1.807, 2.05) is 41.9 Å². The van der Waals surface area contributed by atoms with Gasteiger partial charge in [-0.2, -0.15) is 5.10 Å². The Morgan fingerprint density at radius 2 is 2.10 bits per heavy atom. The lowest BCUT2D eigenvalue weighted by atomic mass is 10.1. The highest BCUT2D eigenvalue weighted by atomic mass is 16.5. The Balaban J connectivity index is 1.95. The number of nitrogens with one attached hydrogen (secondary N) is 1. The summed E-state index contributed by atoms with van der Waals surface area (Å²) >= 11 is 0. The zero-order chi connectivity index (χ0) is 14.4. The van der Waals surface area contributed by atoms with Gasteiger partial charge in [0.25, 0.3) is 0 Å². The molecule has 0 aliphatic rings. The van der Waals surface area contributed by atoms with Gasteiger partial charge in [-0.3, -0.25) is 16.0 Å². The van der Waals surface area contributed by atoms with E-state index >= 15 is 0 Å². The molecule has 5 heteroatoms. The van der Waals surface area contributed by atoms with Gasteiger partial charge in [0.05, 0.1) is 11.7 Å². The first-order valence-corrected chi connectivity index (χ1v) is 6.90. The van der Waals surface area contributed by atoms with Crippen LogP contribution in [0.2, 0.25) is 0 Å². The lowest BCUT2D eigenvalue weighted by Crippen LogP contribution is -2.41. The van der Waals surface area contributed by atoms with Crippen molar-refractivity contribution in [3.63, 3.8) is 0 Å². The maximum Gasteiger partial charge on any atom is 0.119 e. The molecule has 0 saturated heterocycles. The molecule has 1 atom stereocenters. The average Bonchev–Trinajstić information content (AvgIpc) is 2.84. The van der Waals surface area contributed by atoms with Gasteiger partial charge in [-0.1, -0.05) is 18.2 Å². The highest BCUT2D eigenvalue weighted by Gasteiger charge is 2.13. The van der Waals surface area contributed by atoms with Crippen LogP contribution < -0.4 is 16.0 Å². The minimum absolute atomic E-state index is 0.0524. The maximum absolute atomic E-state index is 5.74. The van der Waals surface area contributed by atoms with Gasteiger partial charge in [0, 0.05) is 18.7 Å². The topological polar surface area (TPSA) is 65.1 Å². The van der Waals surface area contributed by atoms with Crippen molar-refractivity contribution in [2.45, 2.75) is 32.9 Å². The maximum atomic E-state index is 5.74. The number of aryl methyl sites for hydroxylation is 2. The van der Waals surface area contributed by atoms with Gasteiger partial charge in [0.1, 0.15) is 12.4 Å². The third-order valence-corrected chi connectivity index (χ3v) is 3.17. The second-order valence-corrected chi connectivity index (χ2v) is 4.78. The third-order valence-electron chi connectivity index (χ3n) is 3.17. The summed E-state index contributed by atoms with van der Waals surface area (Å²) in [6.45, 7) is 5.47. The molecule has 5 nitrogen and oxygen atoms in total. The number of benzene rings is 1. The van der Waals surface area contributed by atoms with Crippen LogP contribution in [0, 0.1) is 6.92 Å². The fourth-order valence-electron chi connectivity index (χ4n) is 2.17. The van der Waals surface area contributed by atoms with Crippen molar-refractivity contribution in [3.8, 4) is 5.75 Å². The first-order valence-electron chi connectivity index (χ1n) is 6.90. The number of hydrogen-bond acceptors (Lipinski definition) is 4.